The molecule has 25 heavy (non-hydrogen) atoms. The molecule has 4 aliphatic rings. The molecule has 5 rings (SSSR count). The highest BCUT2D eigenvalue weighted by Gasteiger charge is 2.58. The lowest BCUT2D eigenvalue weighted by Gasteiger charge is -2.63. The van der Waals surface area contributed by atoms with Crippen molar-refractivity contribution >= 4 is 10.1 Å². The van der Waals surface area contributed by atoms with Crippen molar-refractivity contribution in [2.45, 2.75) is 62.0 Å². The third kappa shape index (κ3) is 3.15. The smallest absolute Gasteiger partial charge is 0.267 e. The molecule has 5 heteroatoms. The summed E-state index contributed by atoms with van der Waals surface area (Å²) < 4.78 is 33.5. The Kier molecular flexibility index (Phi) is 4.25. The molecule has 1 aromatic rings. The summed E-state index contributed by atoms with van der Waals surface area (Å²) in [7, 11) is -4.04. The Bertz CT molecular complexity index is 717. The molecule has 3 N–H and O–H groups in total. The fraction of sp³-hybridized carbons (Fsp3) is 0.700. The monoisotopic (exact) mass is 363 g/mol. The van der Waals surface area contributed by atoms with Crippen molar-refractivity contribution in [3.8, 4) is 0 Å². The first-order valence-electron chi connectivity index (χ1n) is 9.56. The summed E-state index contributed by atoms with van der Waals surface area (Å²) in [6.07, 6.45) is 8.00. The van der Waals surface area contributed by atoms with Crippen molar-refractivity contribution in [3.63, 3.8) is 0 Å². The third-order valence-corrected chi connectivity index (χ3v) is 8.38. The summed E-state index contributed by atoms with van der Waals surface area (Å²) in [5, 5.41) is -0.707. The predicted octanol–water partition coefficient (Wildman–Crippen LogP) is 3.52. The fourth-order valence-electron chi connectivity index (χ4n) is 6.85. The molecule has 4 nitrogen and oxygen atoms in total. The van der Waals surface area contributed by atoms with Gasteiger partial charge in [0.25, 0.3) is 10.1 Å². The van der Waals surface area contributed by atoms with Gasteiger partial charge in [0.2, 0.25) is 0 Å². The van der Waals surface area contributed by atoms with Crippen molar-refractivity contribution in [1.82, 2.24) is 0 Å². The van der Waals surface area contributed by atoms with Crippen LogP contribution in [0.15, 0.2) is 30.3 Å². The van der Waals surface area contributed by atoms with E-state index < -0.39 is 15.4 Å². The Morgan fingerprint density at radius 3 is 2.32 bits per heavy atom. The minimum Gasteiger partial charge on any atom is -0.330 e. The maximum absolute atomic E-state index is 11.9. The number of hydrogen-bond donors (Lipinski definition) is 2. The zero-order chi connectivity index (χ0) is 17.7. The van der Waals surface area contributed by atoms with Gasteiger partial charge in [-0.05, 0) is 86.1 Å². The molecule has 3 atom stereocenters. The molecule has 4 aliphatic carbocycles. The molecule has 3 unspecified atom stereocenters. The van der Waals surface area contributed by atoms with Crippen LogP contribution in [0.4, 0.5) is 0 Å². The Hall–Kier alpha value is -0.910. The van der Waals surface area contributed by atoms with Crippen LogP contribution in [0.3, 0.4) is 0 Å². The molecule has 0 saturated heterocycles. The van der Waals surface area contributed by atoms with Gasteiger partial charge in [0.15, 0.2) is 0 Å². The molecule has 0 radical (unpaired) electrons. The zero-order valence-corrected chi connectivity index (χ0v) is 15.5. The lowest BCUT2D eigenvalue weighted by molar-refractivity contribution is -0.0768. The molecule has 0 heterocycles. The van der Waals surface area contributed by atoms with E-state index in [1.165, 1.54) is 24.8 Å². The predicted molar refractivity (Wildman–Crippen MR) is 98.9 cm³/mol. The Morgan fingerprint density at radius 1 is 1.12 bits per heavy atom. The summed E-state index contributed by atoms with van der Waals surface area (Å²) in [6.45, 7) is 0.303. The van der Waals surface area contributed by atoms with E-state index in [0.29, 0.717) is 31.2 Å². The van der Waals surface area contributed by atoms with E-state index in [1.54, 1.807) is 0 Å². The average Bonchev–Trinajstić information content (AvgIpc) is 2.53. The average molecular weight is 364 g/mol. The molecular weight excluding hydrogens is 334 g/mol. The number of benzene rings is 1. The second-order valence-corrected chi connectivity index (χ2v) is 10.7. The van der Waals surface area contributed by atoms with Gasteiger partial charge in [-0.1, -0.05) is 30.3 Å². The van der Waals surface area contributed by atoms with Gasteiger partial charge < -0.3 is 5.73 Å². The van der Waals surface area contributed by atoms with Crippen LogP contribution in [0.5, 0.6) is 0 Å². The SMILES string of the molecule is NCCC(CC12CC3CC(C1)CC(c1ccccc1)(C3)C2)S(=O)(=O)O. The molecule has 4 fully saturated rings. The van der Waals surface area contributed by atoms with E-state index in [-0.39, 0.29) is 10.8 Å². The van der Waals surface area contributed by atoms with Gasteiger partial charge in [0.1, 0.15) is 0 Å². The minimum atomic E-state index is -4.04. The lowest BCUT2D eigenvalue weighted by atomic mass is 9.42. The summed E-state index contributed by atoms with van der Waals surface area (Å²) in [5.74, 6) is 1.39. The van der Waals surface area contributed by atoms with E-state index in [9.17, 15) is 13.0 Å². The van der Waals surface area contributed by atoms with E-state index in [0.717, 1.165) is 19.3 Å². The Labute approximate surface area is 150 Å². The van der Waals surface area contributed by atoms with Gasteiger partial charge >= 0.3 is 0 Å². The largest absolute Gasteiger partial charge is 0.330 e. The molecular formula is C20H29NO3S. The molecule has 0 spiro atoms. The van der Waals surface area contributed by atoms with Crippen LogP contribution in [0.25, 0.3) is 0 Å². The third-order valence-electron chi connectivity index (χ3n) is 7.14. The summed E-state index contributed by atoms with van der Waals surface area (Å²) in [6, 6.07) is 10.8. The van der Waals surface area contributed by atoms with Crippen LogP contribution in [0, 0.1) is 17.3 Å². The van der Waals surface area contributed by atoms with Crippen molar-refractivity contribution in [1.29, 1.82) is 0 Å². The molecule has 0 amide bonds. The second-order valence-electron chi connectivity index (χ2n) is 9.03. The molecule has 4 bridgehead atoms. The van der Waals surface area contributed by atoms with Crippen LogP contribution >= 0.6 is 0 Å². The number of rotatable bonds is 6. The van der Waals surface area contributed by atoms with Crippen molar-refractivity contribution in [3.05, 3.63) is 35.9 Å². The standard InChI is InChI=1S/C20H29NO3S/c21-7-6-18(25(22,23)24)13-19-9-15-8-16(10-19)12-20(11-15,14-19)17-4-2-1-3-5-17/h1-5,15-16,18H,6-14,21H2,(H,22,23,24). The molecule has 1 aromatic carbocycles. The summed E-state index contributed by atoms with van der Waals surface area (Å²) >= 11 is 0. The highest BCUT2D eigenvalue weighted by molar-refractivity contribution is 7.86. The quantitative estimate of drug-likeness (QED) is 0.758. The maximum atomic E-state index is 11.9. The first-order valence-corrected chi connectivity index (χ1v) is 11.1. The zero-order valence-electron chi connectivity index (χ0n) is 14.7. The number of nitrogens with two attached hydrogens (primary N) is 1. The van der Waals surface area contributed by atoms with Crippen molar-refractivity contribution in [2.24, 2.45) is 23.0 Å². The number of hydrogen-bond acceptors (Lipinski definition) is 3. The maximum Gasteiger partial charge on any atom is 0.267 e. The first-order chi connectivity index (χ1) is 11.8. The van der Waals surface area contributed by atoms with Crippen LogP contribution < -0.4 is 5.73 Å². The van der Waals surface area contributed by atoms with Crippen LogP contribution in [0.2, 0.25) is 0 Å². The van der Waals surface area contributed by atoms with Crippen molar-refractivity contribution < 1.29 is 13.0 Å². The van der Waals surface area contributed by atoms with Gasteiger partial charge in [-0.2, -0.15) is 8.42 Å². The highest BCUT2D eigenvalue weighted by atomic mass is 32.2. The normalized spacial score (nSPS) is 38.0. The first kappa shape index (κ1) is 17.5. The molecule has 0 aliphatic heterocycles. The van der Waals surface area contributed by atoms with E-state index in [4.69, 9.17) is 5.73 Å². The second kappa shape index (κ2) is 6.07. The van der Waals surface area contributed by atoms with Gasteiger partial charge in [-0.15, -0.1) is 0 Å². The summed E-state index contributed by atoms with van der Waals surface area (Å²) in [4.78, 5) is 0. The van der Waals surface area contributed by atoms with Crippen LogP contribution in [-0.4, -0.2) is 24.8 Å². The minimum absolute atomic E-state index is 0.0512. The van der Waals surface area contributed by atoms with Crippen molar-refractivity contribution in [2.75, 3.05) is 6.54 Å². The van der Waals surface area contributed by atoms with Gasteiger partial charge in [-0.3, -0.25) is 4.55 Å². The van der Waals surface area contributed by atoms with Crippen LogP contribution in [0.1, 0.15) is 56.9 Å². The Morgan fingerprint density at radius 2 is 1.76 bits per heavy atom. The molecule has 0 aromatic heterocycles. The lowest BCUT2D eigenvalue weighted by Crippen LogP contribution is -2.55. The highest BCUT2D eigenvalue weighted by Crippen LogP contribution is 2.67. The molecule has 138 valence electrons. The summed E-state index contributed by atoms with van der Waals surface area (Å²) in [5.41, 5.74) is 7.32. The topological polar surface area (TPSA) is 80.4 Å². The van der Waals surface area contributed by atoms with E-state index in [1.807, 2.05) is 0 Å². The van der Waals surface area contributed by atoms with E-state index >= 15 is 0 Å². The Balaban J connectivity index is 1.67. The van der Waals surface area contributed by atoms with E-state index in [2.05, 4.69) is 30.3 Å². The van der Waals surface area contributed by atoms with Crippen LogP contribution in [-0.2, 0) is 15.5 Å². The van der Waals surface area contributed by atoms with Gasteiger partial charge in [0, 0.05) is 0 Å². The fourth-order valence-corrected chi connectivity index (χ4v) is 7.84. The molecule has 4 saturated carbocycles. The van der Waals surface area contributed by atoms with Gasteiger partial charge in [0.05, 0.1) is 5.25 Å². The van der Waals surface area contributed by atoms with Gasteiger partial charge in [-0.25, -0.2) is 0 Å².